The second-order valence-corrected chi connectivity index (χ2v) is 9.95. The predicted molar refractivity (Wildman–Crippen MR) is 139 cm³/mol. The molecule has 2 heterocycles. The van der Waals surface area contributed by atoms with Gasteiger partial charge in [-0.25, -0.2) is 0 Å². The number of carbonyl (C=O) groups is 2. The minimum absolute atomic E-state index is 0.136. The molecule has 38 heavy (non-hydrogen) atoms. The van der Waals surface area contributed by atoms with Crippen LogP contribution in [0.2, 0.25) is 0 Å². The van der Waals surface area contributed by atoms with E-state index >= 15 is 0 Å². The molecule has 1 saturated carbocycles. The lowest BCUT2D eigenvalue weighted by atomic mass is 10.0. The molecule has 204 valence electrons. The second kappa shape index (κ2) is 12.6. The molecular formula is C27H36N6O5. The van der Waals surface area contributed by atoms with Gasteiger partial charge in [0, 0.05) is 11.6 Å². The van der Waals surface area contributed by atoms with Gasteiger partial charge in [-0.3, -0.25) is 9.59 Å². The van der Waals surface area contributed by atoms with Gasteiger partial charge in [-0.1, -0.05) is 26.7 Å². The number of aromatic nitrogens is 4. The zero-order valence-corrected chi connectivity index (χ0v) is 22.4. The molecule has 0 spiro atoms. The van der Waals surface area contributed by atoms with Crippen LogP contribution in [0.3, 0.4) is 0 Å². The van der Waals surface area contributed by atoms with Crippen molar-refractivity contribution in [1.29, 1.82) is 0 Å². The molecule has 1 atom stereocenters. The van der Waals surface area contributed by atoms with E-state index in [1.165, 1.54) is 4.80 Å². The number of amides is 2. The Kier molecular flexibility index (Phi) is 8.98. The molecule has 3 aromatic rings. The number of hydrogen-bond donors (Lipinski definition) is 1. The van der Waals surface area contributed by atoms with Gasteiger partial charge in [0.25, 0.3) is 0 Å². The fraction of sp³-hybridized carbons (Fsp3) is 0.519. The third kappa shape index (κ3) is 6.70. The van der Waals surface area contributed by atoms with Gasteiger partial charge in [-0.2, -0.15) is 4.80 Å². The number of methoxy groups -OCH3 is 2. The zero-order valence-electron chi connectivity index (χ0n) is 22.4. The maximum atomic E-state index is 13.7. The maximum absolute atomic E-state index is 13.7. The zero-order chi connectivity index (χ0) is 27.1. The summed E-state index contributed by atoms with van der Waals surface area (Å²) in [4.78, 5) is 29.9. The Morgan fingerprint density at radius 3 is 2.58 bits per heavy atom. The number of furan rings is 1. The van der Waals surface area contributed by atoms with Crippen LogP contribution in [0.5, 0.6) is 11.5 Å². The summed E-state index contributed by atoms with van der Waals surface area (Å²) in [5.41, 5.74) is 0.669. The number of carbonyl (C=O) groups excluding carboxylic acids is 2. The van der Waals surface area contributed by atoms with E-state index in [0.717, 1.165) is 25.7 Å². The van der Waals surface area contributed by atoms with Crippen LogP contribution < -0.4 is 14.8 Å². The van der Waals surface area contributed by atoms with Crippen molar-refractivity contribution in [2.75, 3.05) is 14.2 Å². The van der Waals surface area contributed by atoms with Crippen LogP contribution in [0.4, 0.5) is 0 Å². The van der Waals surface area contributed by atoms with E-state index in [1.54, 1.807) is 55.7 Å². The monoisotopic (exact) mass is 524 g/mol. The Hall–Kier alpha value is -3.89. The molecule has 0 bridgehead atoms. The molecule has 0 saturated heterocycles. The van der Waals surface area contributed by atoms with Crippen LogP contribution in [-0.2, 0) is 22.7 Å². The molecule has 1 N–H and O–H groups in total. The summed E-state index contributed by atoms with van der Waals surface area (Å²) in [6.45, 7) is 4.07. The molecule has 4 rings (SSSR count). The van der Waals surface area contributed by atoms with Crippen LogP contribution in [0.1, 0.15) is 51.7 Å². The highest BCUT2D eigenvalue weighted by atomic mass is 16.5. The van der Waals surface area contributed by atoms with Crippen molar-refractivity contribution in [2.24, 2.45) is 5.92 Å². The Bertz CT molecular complexity index is 1200. The first-order chi connectivity index (χ1) is 18.4. The number of nitrogens with one attached hydrogen (secondary N) is 1. The van der Waals surface area contributed by atoms with Gasteiger partial charge in [0.15, 0.2) is 11.5 Å². The van der Waals surface area contributed by atoms with E-state index in [0.29, 0.717) is 35.1 Å². The number of hydrogen-bond acceptors (Lipinski definition) is 8. The van der Waals surface area contributed by atoms with Crippen molar-refractivity contribution in [2.45, 2.75) is 71.1 Å². The second-order valence-electron chi connectivity index (χ2n) is 9.95. The Morgan fingerprint density at radius 2 is 1.92 bits per heavy atom. The SMILES string of the molecule is COc1ccc(-c2nnn(CC(=O)N(Cc3ccco3)[C@@H](CC(C)C)C(=O)NC3CCCC3)n2)cc1OC. The molecule has 0 unspecified atom stereocenters. The van der Waals surface area contributed by atoms with E-state index in [1.807, 2.05) is 13.8 Å². The van der Waals surface area contributed by atoms with E-state index in [-0.39, 0.29) is 36.9 Å². The third-order valence-electron chi connectivity index (χ3n) is 6.67. The lowest BCUT2D eigenvalue weighted by molar-refractivity contribution is -0.143. The first-order valence-electron chi connectivity index (χ1n) is 13.0. The first-order valence-corrected chi connectivity index (χ1v) is 13.0. The average molecular weight is 525 g/mol. The van der Waals surface area contributed by atoms with Gasteiger partial charge in [0.05, 0.1) is 27.0 Å². The predicted octanol–water partition coefficient (Wildman–Crippen LogP) is 3.45. The smallest absolute Gasteiger partial charge is 0.247 e. The van der Waals surface area contributed by atoms with Crippen molar-refractivity contribution in [3.63, 3.8) is 0 Å². The Balaban J connectivity index is 1.55. The number of rotatable bonds is 12. The molecule has 2 amide bonds. The topological polar surface area (TPSA) is 125 Å². The first kappa shape index (κ1) is 27.2. The van der Waals surface area contributed by atoms with Crippen LogP contribution in [0.15, 0.2) is 41.0 Å². The summed E-state index contributed by atoms with van der Waals surface area (Å²) < 4.78 is 16.2. The van der Waals surface area contributed by atoms with Gasteiger partial charge in [-0.15, -0.1) is 10.2 Å². The van der Waals surface area contributed by atoms with E-state index in [4.69, 9.17) is 13.9 Å². The third-order valence-corrected chi connectivity index (χ3v) is 6.67. The van der Waals surface area contributed by atoms with E-state index in [2.05, 4.69) is 20.7 Å². The highest BCUT2D eigenvalue weighted by Crippen LogP contribution is 2.30. The van der Waals surface area contributed by atoms with Crippen LogP contribution >= 0.6 is 0 Å². The molecule has 2 aromatic heterocycles. The quantitative estimate of drug-likeness (QED) is 0.382. The van der Waals surface area contributed by atoms with E-state index in [9.17, 15) is 9.59 Å². The summed E-state index contributed by atoms with van der Waals surface area (Å²) in [5.74, 6) is 1.81. The fourth-order valence-electron chi connectivity index (χ4n) is 4.75. The van der Waals surface area contributed by atoms with Crippen molar-refractivity contribution in [1.82, 2.24) is 30.4 Å². The standard InChI is InChI=1S/C27H36N6O5/c1-18(2)14-22(27(35)28-20-8-5-6-9-20)32(16-21-10-7-13-38-21)25(34)17-33-30-26(29-31-33)19-11-12-23(36-3)24(15-19)37-4/h7,10-13,15,18,20,22H,5-6,8-9,14,16-17H2,1-4H3,(H,28,35)/t22-/m0/s1. The van der Waals surface area contributed by atoms with Gasteiger partial charge < -0.3 is 24.1 Å². The summed E-state index contributed by atoms with van der Waals surface area (Å²) in [7, 11) is 3.11. The normalized spacial score (nSPS) is 14.4. The molecular weight excluding hydrogens is 488 g/mol. The van der Waals surface area contributed by atoms with Gasteiger partial charge in [0.2, 0.25) is 17.6 Å². The van der Waals surface area contributed by atoms with Crippen LogP contribution in [0, 0.1) is 5.92 Å². The van der Waals surface area contributed by atoms with Crippen LogP contribution in [-0.4, -0.2) is 63.2 Å². The minimum Gasteiger partial charge on any atom is -0.493 e. The summed E-state index contributed by atoms with van der Waals surface area (Å²) in [6.07, 6.45) is 6.22. The lowest BCUT2D eigenvalue weighted by Gasteiger charge is -2.32. The van der Waals surface area contributed by atoms with Crippen molar-refractivity contribution in [3.05, 3.63) is 42.4 Å². The lowest BCUT2D eigenvalue weighted by Crippen LogP contribution is -2.52. The maximum Gasteiger partial charge on any atom is 0.247 e. The largest absolute Gasteiger partial charge is 0.493 e. The summed E-state index contributed by atoms with van der Waals surface area (Å²) in [6, 6.07) is 8.36. The summed E-state index contributed by atoms with van der Waals surface area (Å²) >= 11 is 0. The Morgan fingerprint density at radius 1 is 1.16 bits per heavy atom. The van der Waals surface area contributed by atoms with Crippen molar-refractivity contribution < 1.29 is 23.5 Å². The summed E-state index contributed by atoms with van der Waals surface area (Å²) in [5, 5.41) is 15.8. The number of tetrazole rings is 1. The molecule has 11 heteroatoms. The highest BCUT2D eigenvalue weighted by Gasteiger charge is 2.33. The molecule has 1 fully saturated rings. The number of ether oxygens (including phenoxy) is 2. The van der Waals surface area contributed by atoms with Gasteiger partial charge >= 0.3 is 0 Å². The molecule has 11 nitrogen and oxygen atoms in total. The van der Waals surface area contributed by atoms with Crippen molar-refractivity contribution in [3.8, 4) is 22.9 Å². The average Bonchev–Trinajstić information content (AvgIpc) is 3.69. The van der Waals surface area contributed by atoms with E-state index < -0.39 is 6.04 Å². The van der Waals surface area contributed by atoms with Crippen molar-refractivity contribution >= 4 is 11.8 Å². The molecule has 1 aliphatic carbocycles. The van der Waals surface area contributed by atoms with Gasteiger partial charge in [0.1, 0.15) is 18.3 Å². The molecule has 0 radical (unpaired) electrons. The highest BCUT2D eigenvalue weighted by molar-refractivity contribution is 5.87. The molecule has 1 aromatic carbocycles. The molecule has 1 aliphatic rings. The minimum atomic E-state index is -0.651. The van der Waals surface area contributed by atoms with Crippen LogP contribution in [0.25, 0.3) is 11.4 Å². The Labute approximate surface area is 222 Å². The van der Waals surface area contributed by atoms with Gasteiger partial charge in [-0.05, 0) is 60.7 Å². The number of nitrogens with zero attached hydrogens (tertiary/aromatic N) is 5. The number of benzene rings is 1. The fourth-order valence-corrected chi connectivity index (χ4v) is 4.75. The molecule has 0 aliphatic heterocycles.